The molecule has 1 saturated carbocycles. The summed E-state index contributed by atoms with van der Waals surface area (Å²) in [6.45, 7) is 1.91. The Morgan fingerprint density at radius 3 is 2.88 bits per heavy atom. The van der Waals surface area contributed by atoms with Gasteiger partial charge in [0.05, 0.1) is 6.04 Å². The second kappa shape index (κ2) is 4.19. The molecule has 90 valence electrons. The number of thiazole rings is 1. The molecule has 17 heavy (non-hydrogen) atoms. The van der Waals surface area contributed by atoms with Crippen LogP contribution >= 0.6 is 11.3 Å². The third-order valence-corrected chi connectivity index (χ3v) is 4.09. The van der Waals surface area contributed by atoms with Gasteiger partial charge < -0.3 is 10.3 Å². The van der Waals surface area contributed by atoms with Crippen molar-refractivity contribution in [2.75, 3.05) is 0 Å². The van der Waals surface area contributed by atoms with Gasteiger partial charge in [0.15, 0.2) is 5.82 Å². The summed E-state index contributed by atoms with van der Waals surface area (Å²) in [6.07, 6.45) is 3.60. The third kappa shape index (κ3) is 1.98. The summed E-state index contributed by atoms with van der Waals surface area (Å²) >= 11 is 1.53. The highest BCUT2D eigenvalue weighted by atomic mass is 32.1. The molecule has 0 bridgehead atoms. The van der Waals surface area contributed by atoms with E-state index in [-0.39, 0.29) is 6.04 Å². The molecular formula is C11H14N4OS. The molecule has 1 aliphatic carbocycles. The Morgan fingerprint density at radius 1 is 1.47 bits per heavy atom. The quantitative estimate of drug-likeness (QED) is 0.905. The highest BCUT2D eigenvalue weighted by Gasteiger charge is 2.25. The first kappa shape index (κ1) is 10.9. The summed E-state index contributed by atoms with van der Waals surface area (Å²) in [7, 11) is 0. The summed E-state index contributed by atoms with van der Waals surface area (Å²) in [5.74, 6) is 1.82. The average molecular weight is 250 g/mol. The van der Waals surface area contributed by atoms with Crippen LogP contribution in [-0.2, 0) is 0 Å². The lowest BCUT2D eigenvalue weighted by atomic mass is 9.85. The molecule has 0 aliphatic heterocycles. The van der Waals surface area contributed by atoms with E-state index in [1.54, 1.807) is 0 Å². The maximum Gasteiger partial charge on any atom is 0.277 e. The minimum Gasteiger partial charge on any atom is -0.332 e. The van der Waals surface area contributed by atoms with Crippen molar-refractivity contribution < 1.29 is 4.52 Å². The SMILES string of the molecule is CC(N)c1nc(-c2nc(C3CCC3)no2)cs1. The van der Waals surface area contributed by atoms with Crippen LogP contribution in [0, 0.1) is 0 Å². The Morgan fingerprint density at radius 2 is 2.29 bits per heavy atom. The maximum absolute atomic E-state index is 5.77. The van der Waals surface area contributed by atoms with Gasteiger partial charge in [-0.15, -0.1) is 11.3 Å². The molecule has 1 atom stereocenters. The maximum atomic E-state index is 5.77. The van der Waals surface area contributed by atoms with Crippen molar-refractivity contribution in [2.24, 2.45) is 5.73 Å². The van der Waals surface area contributed by atoms with Crippen molar-refractivity contribution in [3.8, 4) is 11.6 Å². The van der Waals surface area contributed by atoms with Crippen LogP contribution in [0.1, 0.15) is 49.0 Å². The van der Waals surface area contributed by atoms with Gasteiger partial charge in [0.2, 0.25) is 0 Å². The van der Waals surface area contributed by atoms with Gasteiger partial charge in [0.1, 0.15) is 10.7 Å². The number of nitrogens with zero attached hydrogens (tertiary/aromatic N) is 3. The molecule has 2 aromatic rings. The van der Waals surface area contributed by atoms with E-state index < -0.39 is 0 Å². The van der Waals surface area contributed by atoms with Crippen LogP contribution in [0.2, 0.25) is 0 Å². The van der Waals surface area contributed by atoms with Crippen LogP contribution < -0.4 is 5.73 Å². The van der Waals surface area contributed by atoms with Crippen molar-refractivity contribution in [3.63, 3.8) is 0 Å². The van der Waals surface area contributed by atoms with Gasteiger partial charge in [0.25, 0.3) is 5.89 Å². The Kier molecular flexibility index (Phi) is 2.68. The van der Waals surface area contributed by atoms with Crippen molar-refractivity contribution >= 4 is 11.3 Å². The van der Waals surface area contributed by atoms with Gasteiger partial charge in [0, 0.05) is 11.3 Å². The largest absolute Gasteiger partial charge is 0.332 e. The lowest BCUT2D eigenvalue weighted by molar-refractivity contribution is 0.366. The molecule has 1 fully saturated rings. The smallest absolute Gasteiger partial charge is 0.277 e. The van der Waals surface area contributed by atoms with E-state index in [0.29, 0.717) is 11.8 Å². The Balaban J connectivity index is 1.84. The van der Waals surface area contributed by atoms with Crippen LogP contribution in [0.3, 0.4) is 0 Å². The van der Waals surface area contributed by atoms with E-state index in [9.17, 15) is 0 Å². The lowest BCUT2D eigenvalue weighted by Crippen LogP contribution is -2.10. The topological polar surface area (TPSA) is 77.8 Å². The molecule has 5 nitrogen and oxygen atoms in total. The minimum atomic E-state index is -0.0530. The molecule has 1 unspecified atom stereocenters. The molecule has 2 N–H and O–H groups in total. The predicted molar refractivity (Wildman–Crippen MR) is 64.6 cm³/mol. The van der Waals surface area contributed by atoms with Crippen molar-refractivity contribution in [2.45, 2.75) is 38.1 Å². The van der Waals surface area contributed by atoms with E-state index in [1.807, 2.05) is 12.3 Å². The van der Waals surface area contributed by atoms with Gasteiger partial charge >= 0.3 is 0 Å². The Labute approximate surface area is 103 Å². The first-order valence-corrected chi connectivity index (χ1v) is 6.67. The molecule has 2 aromatic heterocycles. The normalized spacial score (nSPS) is 18.0. The van der Waals surface area contributed by atoms with Crippen LogP contribution in [-0.4, -0.2) is 15.1 Å². The first-order valence-electron chi connectivity index (χ1n) is 5.79. The van der Waals surface area contributed by atoms with Gasteiger partial charge in [-0.25, -0.2) is 4.98 Å². The summed E-state index contributed by atoms with van der Waals surface area (Å²) in [5.41, 5.74) is 6.51. The second-order valence-electron chi connectivity index (χ2n) is 4.45. The van der Waals surface area contributed by atoms with Gasteiger partial charge in [-0.1, -0.05) is 11.6 Å². The highest BCUT2D eigenvalue weighted by Crippen LogP contribution is 2.35. The van der Waals surface area contributed by atoms with Gasteiger partial charge in [-0.3, -0.25) is 0 Å². The van der Waals surface area contributed by atoms with E-state index in [2.05, 4.69) is 15.1 Å². The zero-order valence-electron chi connectivity index (χ0n) is 9.59. The number of aromatic nitrogens is 3. The number of hydrogen-bond acceptors (Lipinski definition) is 6. The van der Waals surface area contributed by atoms with Crippen molar-refractivity contribution in [1.29, 1.82) is 0 Å². The second-order valence-corrected chi connectivity index (χ2v) is 5.33. The van der Waals surface area contributed by atoms with E-state index >= 15 is 0 Å². The average Bonchev–Trinajstić information content (AvgIpc) is 2.80. The van der Waals surface area contributed by atoms with Crippen LogP contribution in [0.5, 0.6) is 0 Å². The van der Waals surface area contributed by atoms with Crippen LogP contribution in [0.4, 0.5) is 0 Å². The monoisotopic (exact) mass is 250 g/mol. The highest BCUT2D eigenvalue weighted by molar-refractivity contribution is 7.10. The van der Waals surface area contributed by atoms with E-state index in [4.69, 9.17) is 10.3 Å². The van der Waals surface area contributed by atoms with Crippen molar-refractivity contribution in [1.82, 2.24) is 15.1 Å². The molecule has 0 spiro atoms. The van der Waals surface area contributed by atoms with Gasteiger partial charge in [-0.2, -0.15) is 4.98 Å². The fraction of sp³-hybridized carbons (Fsp3) is 0.545. The Bertz CT molecular complexity index is 515. The first-order chi connectivity index (χ1) is 8.24. The number of nitrogens with two attached hydrogens (primary N) is 1. The molecule has 2 heterocycles. The number of rotatable bonds is 3. The summed E-state index contributed by atoms with van der Waals surface area (Å²) in [4.78, 5) is 8.79. The van der Waals surface area contributed by atoms with Crippen LogP contribution in [0.25, 0.3) is 11.6 Å². The molecule has 1 aliphatic rings. The summed E-state index contributed by atoms with van der Waals surface area (Å²) < 4.78 is 5.24. The number of hydrogen-bond donors (Lipinski definition) is 1. The summed E-state index contributed by atoms with van der Waals surface area (Å²) in [5, 5.41) is 6.82. The molecule has 6 heteroatoms. The molecule has 0 saturated heterocycles. The minimum absolute atomic E-state index is 0.0530. The molecule has 0 aromatic carbocycles. The molecular weight excluding hydrogens is 236 g/mol. The molecule has 0 amide bonds. The van der Waals surface area contributed by atoms with Crippen molar-refractivity contribution in [3.05, 3.63) is 16.2 Å². The summed E-state index contributed by atoms with van der Waals surface area (Å²) in [6, 6.07) is -0.0530. The van der Waals surface area contributed by atoms with E-state index in [0.717, 1.165) is 16.5 Å². The zero-order chi connectivity index (χ0) is 11.8. The third-order valence-electron chi connectivity index (χ3n) is 3.04. The Hall–Kier alpha value is -1.27. The fourth-order valence-electron chi connectivity index (χ4n) is 1.77. The molecule has 0 radical (unpaired) electrons. The predicted octanol–water partition coefficient (Wildman–Crippen LogP) is 2.48. The lowest BCUT2D eigenvalue weighted by Gasteiger charge is -2.20. The standard InChI is InChI=1S/C11H14N4OS/c1-6(12)11-13-8(5-17-11)10-14-9(15-16-10)7-3-2-4-7/h5-7H,2-4,12H2,1H3. The molecule has 3 rings (SSSR count). The van der Waals surface area contributed by atoms with Crippen LogP contribution in [0.15, 0.2) is 9.90 Å². The fourth-order valence-corrected chi connectivity index (χ4v) is 2.52. The zero-order valence-corrected chi connectivity index (χ0v) is 10.4. The van der Waals surface area contributed by atoms with E-state index in [1.165, 1.54) is 30.6 Å². The van der Waals surface area contributed by atoms with Gasteiger partial charge in [-0.05, 0) is 19.8 Å².